The van der Waals surface area contributed by atoms with Gasteiger partial charge in [-0.3, -0.25) is 0 Å². The van der Waals surface area contributed by atoms with Crippen LogP contribution in [0.2, 0.25) is 5.02 Å². The molecule has 7 heteroatoms. The van der Waals surface area contributed by atoms with Crippen LogP contribution in [0.15, 0.2) is 18.2 Å². The Hall–Kier alpha value is -0.490. The molecule has 1 rings (SSSR count). The first-order chi connectivity index (χ1) is 7.23. The van der Waals surface area contributed by atoms with Gasteiger partial charge in [0, 0.05) is 0 Å². The van der Waals surface area contributed by atoms with E-state index in [0.717, 1.165) is 12.1 Å². The predicted octanol–water partition coefficient (Wildman–Crippen LogP) is 3.16. The summed E-state index contributed by atoms with van der Waals surface area (Å²) >= 11 is 5.44. The third-order valence-electron chi connectivity index (χ3n) is 2.20. The molecule has 1 aromatic carbocycles. The highest BCUT2D eigenvalue weighted by atomic mass is 35.5. The average molecular weight is 290 g/mol. The number of halogens is 5. The zero-order chi connectivity index (χ0) is 12.5. The maximum atomic E-state index is 12.5. The molecule has 0 radical (unpaired) electrons. The van der Waals surface area contributed by atoms with Crippen molar-refractivity contribution in [3.8, 4) is 0 Å². The molecule has 0 saturated heterocycles. The highest BCUT2D eigenvalue weighted by Gasteiger charge is 2.33. The van der Waals surface area contributed by atoms with Crippen molar-refractivity contribution in [2.24, 2.45) is 5.73 Å². The molecule has 2 nitrogen and oxygen atoms in total. The number of aliphatic hydroxyl groups excluding tert-OH is 1. The quantitative estimate of drug-likeness (QED) is 0.878. The molecular formula is C10H12Cl2F3NO. The first-order valence-electron chi connectivity index (χ1n) is 4.53. The first kappa shape index (κ1) is 16.5. The predicted molar refractivity (Wildman–Crippen MR) is 62.3 cm³/mol. The van der Waals surface area contributed by atoms with Crippen molar-refractivity contribution in [3.05, 3.63) is 34.3 Å². The van der Waals surface area contributed by atoms with Crippen LogP contribution in [0.1, 0.15) is 24.1 Å². The number of hydrogen-bond acceptors (Lipinski definition) is 2. The van der Waals surface area contributed by atoms with Crippen LogP contribution in [0.5, 0.6) is 0 Å². The van der Waals surface area contributed by atoms with Crippen LogP contribution in [0.3, 0.4) is 0 Å². The monoisotopic (exact) mass is 289 g/mol. The molecule has 0 heterocycles. The average Bonchev–Trinajstić information content (AvgIpc) is 2.15. The van der Waals surface area contributed by atoms with E-state index in [4.69, 9.17) is 17.3 Å². The fraction of sp³-hybridized carbons (Fsp3) is 0.400. The van der Waals surface area contributed by atoms with Crippen LogP contribution in [-0.4, -0.2) is 11.2 Å². The summed E-state index contributed by atoms with van der Waals surface area (Å²) in [4.78, 5) is 0. The maximum absolute atomic E-state index is 12.5. The Morgan fingerprint density at radius 3 is 2.29 bits per heavy atom. The van der Waals surface area contributed by atoms with Gasteiger partial charge in [-0.15, -0.1) is 12.4 Å². The summed E-state index contributed by atoms with van der Waals surface area (Å²) < 4.78 is 37.5. The highest BCUT2D eigenvalue weighted by molar-refractivity contribution is 6.31. The van der Waals surface area contributed by atoms with Gasteiger partial charge in [-0.1, -0.05) is 17.7 Å². The van der Waals surface area contributed by atoms with Gasteiger partial charge in [0.25, 0.3) is 0 Å². The van der Waals surface area contributed by atoms with E-state index in [-0.39, 0.29) is 23.0 Å². The van der Waals surface area contributed by atoms with Crippen LogP contribution in [-0.2, 0) is 6.18 Å². The second-order valence-electron chi connectivity index (χ2n) is 3.50. The largest absolute Gasteiger partial charge is 0.417 e. The lowest BCUT2D eigenvalue weighted by molar-refractivity contribution is -0.137. The molecule has 0 aliphatic heterocycles. The lowest BCUT2D eigenvalue weighted by atomic mass is 10.0. The topological polar surface area (TPSA) is 46.2 Å². The number of aliphatic hydroxyl groups is 1. The normalized spacial score (nSPS) is 15.0. The summed E-state index contributed by atoms with van der Waals surface area (Å²) in [6.45, 7) is 1.41. The fourth-order valence-electron chi connectivity index (χ4n) is 1.25. The van der Waals surface area contributed by atoms with Gasteiger partial charge in [-0.25, -0.2) is 0 Å². The van der Waals surface area contributed by atoms with Crippen LogP contribution in [0, 0.1) is 0 Å². The number of rotatable bonds is 2. The van der Waals surface area contributed by atoms with E-state index in [9.17, 15) is 18.3 Å². The second kappa shape index (κ2) is 5.91. The standard InChI is InChI=1S/C10H11ClF3NO.ClH/c1-5(16)9(15)6-2-3-8(11)7(4-6)10(12,13)14;/h2-5,9,16H,15H2,1H3;1H/t5-,9-;/m0./s1. The Morgan fingerprint density at radius 2 is 1.88 bits per heavy atom. The molecule has 17 heavy (non-hydrogen) atoms. The van der Waals surface area contributed by atoms with E-state index < -0.39 is 23.9 Å². The molecule has 0 amide bonds. The Kier molecular flexibility index (Phi) is 5.74. The van der Waals surface area contributed by atoms with E-state index >= 15 is 0 Å². The van der Waals surface area contributed by atoms with Crippen LogP contribution >= 0.6 is 24.0 Å². The van der Waals surface area contributed by atoms with Crippen molar-refractivity contribution >= 4 is 24.0 Å². The van der Waals surface area contributed by atoms with Gasteiger partial charge in [0.05, 0.1) is 22.7 Å². The maximum Gasteiger partial charge on any atom is 0.417 e. The summed E-state index contributed by atoms with van der Waals surface area (Å²) in [5, 5.41) is 8.82. The molecule has 2 atom stereocenters. The van der Waals surface area contributed by atoms with Gasteiger partial charge in [0.15, 0.2) is 0 Å². The Balaban J connectivity index is 0.00000256. The number of benzene rings is 1. The molecule has 3 N–H and O–H groups in total. The van der Waals surface area contributed by atoms with Gasteiger partial charge in [0.1, 0.15) is 0 Å². The molecule has 0 aromatic heterocycles. The van der Waals surface area contributed by atoms with Crippen LogP contribution in [0.4, 0.5) is 13.2 Å². The SMILES string of the molecule is C[C@H](O)[C@H](N)c1ccc(Cl)c(C(F)(F)F)c1.Cl. The van der Waals surface area contributed by atoms with Gasteiger partial charge in [-0.05, 0) is 24.6 Å². The third-order valence-corrected chi connectivity index (χ3v) is 2.53. The summed E-state index contributed by atoms with van der Waals surface area (Å²) in [6, 6.07) is 2.50. The first-order valence-corrected chi connectivity index (χ1v) is 4.91. The third kappa shape index (κ3) is 4.03. The molecule has 0 bridgehead atoms. The molecule has 98 valence electrons. The molecule has 0 aliphatic carbocycles. The van der Waals surface area contributed by atoms with Crippen LogP contribution < -0.4 is 5.73 Å². The van der Waals surface area contributed by atoms with Gasteiger partial charge in [0.2, 0.25) is 0 Å². The van der Waals surface area contributed by atoms with Gasteiger partial charge < -0.3 is 10.8 Å². The lowest BCUT2D eigenvalue weighted by Gasteiger charge is -2.17. The summed E-state index contributed by atoms with van der Waals surface area (Å²) in [6.07, 6.45) is -5.45. The van der Waals surface area contributed by atoms with E-state index in [1.807, 2.05) is 0 Å². The zero-order valence-corrected chi connectivity index (χ0v) is 10.4. The van der Waals surface area contributed by atoms with Crippen molar-refractivity contribution < 1.29 is 18.3 Å². The number of hydrogen-bond donors (Lipinski definition) is 2. The molecule has 0 aliphatic rings. The Labute approximate surface area is 108 Å². The fourth-order valence-corrected chi connectivity index (χ4v) is 1.47. The molecule has 0 unspecified atom stereocenters. The summed E-state index contributed by atoms with van der Waals surface area (Å²) in [5.74, 6) is 0. The van der Waals surface area contributed by atoms with Crippen molar-refractivity contribution in [2.45, 2.75) is 25.2 Å². The van der Waals surface area contributed by atoms with Gasteiger partial charge >= 0.3 is 6.18 Å². The number of alkyl halides is 3. The lowest BCUT2D eigenvalue weighted by Crippen LogP contribution is -2.23. The molecule has 1 aromatic rings. The van der Waals surface area contributed by atoms with E-state index in [1.165, 1.54) is 13.0 Å². The van der Waals surface area contributed by atoms with Gasteiger partial charge in [-0.2, -0.15) is 13.2 Å². The minimum atomic E-state index is -4.52. The summed E-state index contributed by atoms with van der Waals surface area (Å²) in [7, 11) is 0. The minimum absolute atomic E-state index is 0. The van der Waals surface area contributed by atoms with Crippen molar-refractivity contribution in [1.82, 2.24) is 0 Å². The minimum Gasteiger partial charge on any atom is -0.391 e. The van der Waals surface area contributed by atoms with Crippen molar-refractivity contribution in [1.29, 1.82) is 0 Å². The zero-order valence-electron chi connectivity index (χ0n) is 8.83. The molecular weight excluding hydrogens is 278 g/mol. The van der Waals surface area contributed by atoms with Crippen molar-refractivity contribution in [3.63, 3.8) is 0 Å². The highest BCUT2D eigenvalue weighted by Crippen LogP contribution is 2.36. The Bertz CT molecular complexity index is 382. The van der Waals surface area contributed by atoms with E-state index in [2.05, 4.69) is 0 Å². The van der Waals surface area contributed by atoms with E-state index in [0.29, 0.717) is 0 Å². The smallest absolute Gasteiger partial charge is 0.391 e. The Morgan fingerprint density at radius 1 is 1.35 bits per heavy atom. The van der Waals surface area contributed by atoms with Crippen molar-refractivity contribution in [2.75, 3.05) is 0 Å². The molecule has 0 saturated carbocycles. The summed E-state index contributed by atoms with van der Waals surface area (Å²) in [5.41, 5.74) is 4.80. The van der Waals surface area contributed by atoms with E-state index in [1.54, 1.807) is 0 Å². The molecule has 0 spiro atoms. The molecule has 0 fully saturated rings. The number of nitrogens with two attached hydrogens (primary N) is 1. The second-order valence-corrected chi connectivity index (χ2v) is 3.91. The van der Waals surface area contributed by atoms with Crippen LogP contribution in [0.25, 0.3) is 0 Å².